The number of rotatable bonds is 1. The molecular weight excluding hydrogens is 236 g/mol. The second kappa shape index (κ2) is 4.31. The van der Waals surface area contributed by atoms with Crippen molar-refractivity contribution >= 4 is 23.2 Å². The molecule has 17 heavy (non-hydrogen) atoms. The Labute approximate surface area is 106 Å². The molecule has 0 aromatic heterocycles. The molecule has 1 atom stereocenters. The van der Waals surface area contributed by atoms with Crippen molar-refractivity contribution < 1.29 is 4.79 Å². The van der Waals surface area contributed by atoms with Gasteiger partial charge in [-0.15, -0.1) is 0 Å². The summed E-state index contributed by atoms with van der Waals surface area (Å²) in [6.45, 7) is 1.04. The fourth-order valence-electron chi connectivity index (χ4n) is 2.73. The smallest absolute Gasteiger partial charge is 0.228 e. The van der Waals surface area contributed by atoms with Gasteiger partial charge >= 0.3 is 0 Å². The molecule has 1 amide bonds. The van der Waals surface area contributed by atoms with Gasteiger partial charge in [0.25, 0.3) is 0 Å². The van der Waals surface area contributed by atoms with Crippen LogP contribution in [-0.4, -0.2) is 12.5 Å². The molecule has 0 saturated carbocycles. The van der Waals surface area contributed by atoms with Crippen LogP contribution in [0.1, 0.15) is 36.4 Å². The maximum absolute atomic E-state index is 11.5. The molecule has 2 aliphatic rings. The van der Waals surface area contributed by atoms with Crippen molar-refractivity contribution in [2.75, 3.05) is 11.9 Å². The summed E-state index contributed by atoms with van der Waals surface area (Å²) in [6.07, 6.45) is 4.02. The molecule has 2 aliphatic heterocycles. The van der Waals surface area contributed by atoms with E-state index >= 15 is 0 Å². The fraction of sp³-hybridized carbons (Fsp3) is 0.462. The van der Waals surface area contributed by atoms with E-state index in [0.717, 1.165) is 34.8 Å². The van der Waals surface area contributed by atoms with Crippen LogP contribution in [-0.2, 0) is 11.2 Å². The zero-order valence-corrected chi connectivity index (χ0v) is 10.3. The van der Waals surface area contributed by atoms with E-state index in [-0.39, 0.29) is 5.91 Å². The van der Waals surface area contributed by atoms with Gasteiger partial charge < -0.3 is 10.6 Å². The molecule has 0 radical (unpaired) electrons. The summed E-state index contributed by atoms with van der Waals surface area (Å²) < 4.78 is 0. The van der Waals surface area contributed by atoms with Gasteiger partial charge in [-0.05, 0) is 42.6 Å². The van der Waals surface area contributed by atoms with Crippen molar-refractivity contribution in [1.29, 1.82) is 0 Å². The number of carbonyl (C=O) groups is 1. The fourth-order valence-corrected chi connectivity index (χ4v) is 2.98. The molecule has 1 saturated heterocycles. The zero-order valence-electron chi connectivity index (χ0n) is 9.55. The minimum absolute atomic E-state index is 0.0688. The Morgan fingerprint density at radius 1 is 1.29 bits per heavy atom. The highest BCUT2D eigenvalue weighted by Crippen LogP contribution is 2.36. The van der Waals surface area contributed by atoms with Crippen molar-refractivity contribution in [3.05, 3.63) is 28.3 Å². The zero-order chi connectivity index (χ0) is 11.8. The van der Waals surface area contributed by atoms with E-state index in [1.165, 1.54) is 12.8 Å². The van der Waals surface area contributed by atoms with E-state index in [2.05, 4.69) is 10.6 Å². The lowest BCUT2D eigenvalue weighted by molar-refractivity contribution is -0.115. The third-order valence-corrected chi connectivity index (χ3v) is 3.73. The molecule has 1 unspecified atom stereocenters. The molecule has 0 spiro atoms. The Bertz CT molecular complexity index is 467. The Balaban J connectivity index is 2.01. The number of hydrogen-bond acceptors (Lipinski definition) is 2. The normalized spacial score (nSPS) is 23.4. The maximum Gasteiger partial charge on any atom is 0.228 e. The number of fused-ring (bicyclic) bond motifs is 1. The van der Waals surface area contributed by atoms with Crippen molar-refractivity contribution in [3.8, 4) is 0 Å². The van der Waals surface area contributed by atoms with E-state index in [1.807, 2.05) is 12.1 Å². The molecule has 1 aromatic carbocycles. The van der Waals surface area contributed by atoms with Gasteiger partial charge in [-0.2, -0.15) is 0 Å². The molecule has 3 rings (SSSR count). The first kappa shape index (κ1) is 11.1. The number of piperidine rings is 1. The van der Waals surface area contributed by atoms with Crippen LogP contribution < -0.4 is 10.6 Å². The molecule has 2 heterocycles. The Morgan fingerprint density at radius 3 is 2.94 bits per heavy atom. The van der Waals surface area contributed by atoms with Gasteiger partial charge in [0.15, 0.2) is 0 Å². The minimum atomic E-state index is 0.0688. The molecule has 3 nitrogen and oxygen atoms in total. The highest BCUT2D eigenvalue weighted by molar-refractivity contribution is 6.31. The topological polar surface area (TPSA) is 41.1 Å². The summed E-state index contributed by atoms with van der Waals surface area (Å²) in [6, 6.07) is 4.20. The predicted octanol–water partition coefficient (Wildman–Crippen LogP) is 2.65. The molecule has 4 heteroatoms. The molecule has 90 valence electrons. The summed E-state index contributed by atoms with van der Waals surface area (Å²) in [5.41, 5.74) is 3.17. The van der Waals surface area contributed by atoms with Crippen LogP contribution in [0.15, 0.2) is 12.1 Å². The first-order valence-corrected chi connectivity index (χ1v) is 6.47. The first-order valence-electron chi connectivity index (χ1n) is 6.09. The van der Waals surface area contributed by atoms with E-state index in [4.69, 9.17) is 11.6 Å². The minimum Gasteiger partial charge on any atom is -0.325 e. The quantitative estimate of drug-likeness (QED) is 0.805. The van der Waals surface area contributed by atoms with Gasteiger partial charge in [0.2, 0.25) is 5.91 Å². The van der Waals surface area contributed by atoms with Crippen molar-refractivity contribution in [3.63, 3.8) is 0 Å². The van der Waals surface area contributed by atoms with Gasteiger partial charge in [0.05, 0.1) is 6.42 Å². The second-order valence-corrected chi connectivity index (χ2v) is 5.19. The lowest BCUT2D eigenvalue weighted by Crippen LogP contribution is -2.27. The standard InChI is InChI=1S/C13H15ClN2O/c14-9-5-8-6-12(17)16-13(8)10(7-9)11-3-1-2-4-15-11/h5,7,11,15H,1-4,6H2,(H,16,17). The highest BCUT2D eigenvalue weighted by atomic mass is 35.5. The van der Waals surface area contributed by atoms with Crippen LogP contribution in [0.3, 0.4) is 0 Å². The molecule has 0 aliphatic carbocycles. The van der Waals surface area contributed by atoms with Crippen LogP contribution >= 0.6 is 11.6 Å². The second-order valence-electron chi connectivity index (χ2n) is 4.76. The highest BCUT2D eigenvalue weighted by Gasteiger charge is 2.26. The number of halogens is 1. The molecular formula is C13H15ClN2O. The van der Waals surface area contributed by atoms with E-state index in [0.29, 0.717) is 12.5 Å². The molecule has 2 N–H and O–H groups in total. The summed E-state index contributed by atoms with van der Waals surface area (Å²) in [5.74, 6) is 0.0688. The largest absolute Gasteiger partial charge is 0.325 e. The summed E-state index contributed by atoms with van der Waals surface area (Å²) in [5, 5.41) is 7.17. The summed E-state index contributed by atoms with van der Waals surface area (Å²) in [7, 11) is 0. The number of benzene rings is 1. The Morgan fingerprint density at radius 2 is 2.18 bits per heavy atom. The van der Waals surface area contributed by atoms with Crippen LogP contribution in [0.2, 0.25) is 5.02 Å². The van der Waals surface area contributed by atoms with Crippen molar-refractivity contribution in [1.82, 2.24) is 5.32 Å². The van der Waals surface area contributed by atoms with Gasteiger partial charge in [-0.3, -0.25) is 4.79 Å². The van der Waals surface area contributed by atoms with Crippen LogP contribution in [0.4, 0.5) is 5.69 Å². The number of anilines is 1. The number of amides is 1. The predicted molar refractivity (Wildman–Crippen MR) is 68.4 cm³/mol. The maximum atomic E-state index is 11.5. The van der Waals surface area contributed by atoms with Crippen LogP contribution in [0.5, 0.6) is 0 Å². The van der Waals surface area contributed by atoms with Crippen LogP contribution in [0.25, 0.3) is 0 Å². The number of carbonyl (C=O) groups excluding carboxylic acids is 1. The number of nitrogens with one attached hydrogen (secondary N) is 2. The Hall–Kier alpha value is -1.06. The van der Waals surface area contributed by atoms with Crippen molar-refractivity contribution in [2.24, 2.45) is 0 Å². The summed E-state index contributed by atoms with van der Waals surface area (Å²) >= 11 is 6.13. The van der Waals surface area contributed by atoms with Gasteiger partial charge in [-0.25, -0.2) is 0 Å². The average Bonchev–Trinajstić information content (AvgIpc) is 2.69. The number of hydrogen-bond donors (Lipinski definition) is 2. The first-order chi connectivity index (χ1) is 8.24. The average molecular weight is 251 g/mol. The van der Waals surface area contributed by atoms with Gasteiger partial charge in [0.1, 0.15) is 0 Å². The molecule has 1 aromatic rings. The molecule has 0 bridgehead atoms. The SMILES string of the molecule is O=C1Cc2cc(Cl)cc(C3CCCCN3)c2N1. The van der Waals surface area contributed by atoms with Crippen LogP contribution in [0, 0.1) is 0 Å². The lowest BCUT2D eigenvalue weighted by Gasteiger charge is -2.25. The monoisotopic (exact) mass is 250 g/mol. The molecule has 1 fully saturated rings. The van der Waals surface area contributed by atoms with Gasteiger partial charge in [0, 0.05) is 16.8 Å². The third-order valence-electron chi connectivity index (χ3n) is 3.52. The lowest BCUT2D eigenvalue weighted by atomic mass is 9.94. The van der Waals surface area contributed by atoms with E-state index in [9.17, 15) is 4.79 Å². The van der Waals surface area contributed by atoms with E-state index in [1.54, 1.807) is 0 Å². The Kier molecular flexibility index (Phi) is 2.81. The van der Waals surface area contributed by atoms with Crippen molar-refractivity contribution in [2.45, 2.75) is 31.7 Å². The van der Waals surface area contributed by atoms with E-state index < -0.39 is 0 Å². The third kappa shape index (κ3) is 2.05. The van der Waals surface area contributed by atoms with Gasteiger partial charge in [-0.1, -0.05) is 18.0 Å². The summed E-state index contributed by atoms with van der Waals surface area (Å²) in [4.78, 5) is 11.5.